The number of fused-ring (bicyclic) bond motifs is 2. The van der Waals surface area contributed by atoms with Gasteiger partial charge in [-0.1, -0.05) is 58.3 Å². The zero-order valence-corrected chi connectivity index (χ0v) is 32.6. The van der Waals surface area contributed by atoms with E-state index in [2.05, 4.69) is 74.3 Å². The van der Waals surface area contributed by atoms with Crippen LogP contribution in [0, 0.1) is 12.7 Å². The first-order valence-corrected chi connectivity index (χ1v) is 25.2. The van der Waals surface area contributed by atoms with Crippen LogP contribution in [0.25, 0.3) is 33.5 Å². The molecule has 2 amide bonds. The van der Waals surface area contributed by atoms with Crippen LogP contribution in [0.1, 0.15) is 42.3 Å². The lowest BCUT2D eigenvalue weighted by Crippen LogP contribution is -2.38. The molecular formula is C37H53FN6O3Si2. The van der Waals surface area contributed by atoms with E-state index in [1.807, 2.05) is 22.6 Å². The highest BCUT2D eigenvalue weighted by Gasteiger charge is 2.34. The number of benzene rings is 2. The summed E-state index contributed by atoms with van der Waals surface area (Å²) >= 11 is 0. The van der Waals surface area contributed by atoms with Gasteiger partial charge in [0.05, 0.1) is 30.0 Å². The van der Waals surface area contributed by atoms with Crippen molar-refractivity contribution < 1.29 is 18.7 Å². The Morgan fingerprint density at radius 2 is 1.67 bits per heavy atom. The second-order valence-corrected chi connectivity index (χ2v) is 27.5. The van der Waals surface area contributed by atoms with Crippen molar-refractivity contribution in [1.29, 1.82) is 0 Å². The predicted octanol–water partition coefficient (Wildman–Crippen LogP) is 8.39. The third-order valence-electron chi connectivity index (χ3n) is 9.50. The summed E-state index contributed by atoms with van der Waals surface area (Å²) in [5.74, 6) is 0.524. The molecule has 0 spiro atoms. The number of aryl methyl sites for hydroxylation is 2. The normalized spacial score (nSPS) is 15.0. The van der Waals surface area contributed by atoms with Crippen LogP contribution in [0.3, 0.4) is 0 Å². The fraction of sp³-hybridized carbons (Fsp3) is 0.541. The Morgan fingerprint density at radius 3 is 2.33 bits per heavy atom. The Kier molecular flexibility index (Phi) is 10.2. The number of carbonyl (C=O) groups excluding carboxylic acids is 1. The predicted molar refractivity (Wildman–Crippen MR) is 199 cm³/mol. The third-order valence-corrected chi connectivity index (χ3v) is 12.9. The van der Waals surface area contributed by atoms with E-state index >= 15 is 0 Å². The van der Waals surface area contributed by atoms with Crippen molar-refractivity contribution >= 4 is 33.1 Å². The summed E-state index contributed by atoms with van der Waals surface area (Å²) < 4.78 is 31.5. The van der Waals surface area contributed by atoms with Crippen molar-refractivity contribution in [2.24, 2.45) is 0 Å². The van der Waals surface area contributed by atoms with Gasteiger partial charge in [-0.15, -0.1) is 0 Å². The molecule has 12 heteroatoms. The van der Waals surface area contributed by atoms with E-state index in [0.29, 0.717) is 51.4 Å². The Bertz CT molecular complexity index is 1840. The van der Waals surface area contributed by atoms with Gasteiger partial charge in [0.25, 0.3) is 0 Å². The number of nitrogens with one attached hydrogen (secondary N) is 1. The summed E-state index contributed by atoms with van der Waals surface area (Å²) in [5, 5.41) is 9.21. The van der Waals surface area contributed by atoms with Crippen molar-refractivity contribution in [3.8, 4) is 22.6 Å². The van der Waals surface area contributed by atoms with E-state index in [4.69, 9.17) is 19.6 Å². The molecule has 1 saturated carbocycles. The number of halogens is 1. The Labute approximate surface area is 292 Å². The molecule has 0 radical (unpaired) electrons. The van der Waals surface area contributed by atoms with Crippen molar-refractivity contribution in [2.45, 2.75) is 117 Å². The lowest BCUT2D eigenvalue weighted by Gasteiger charge is -2.19. The van der Waals surface area contributed by atoms with E-state index in [1.54, 1.807) is 6.07 Å². The molecule has 1 fully saturated rings. The van der Waals surface area contributed by atoms with Crippen LogP contribution in [0.2, 0.25) is 51.4 Å². The zero-order valence-electron chi connectivity index (χ0n) is 30.6. The van der Waals surface area contributed by atoms with Gasteiger partial charge in [-0.2, -0.15) is 5.10 Å². The van der Waals surface area contributed by atoms with Crippen LogP contribution in [0.15, 0.2) is 30.3 Å². The summed E-state index contributed by atoms with van der Waals surface area (Å²) in [6, 6.07) is 12.2. The van der Waals surface area contributed by atoms with Gasteiger partial charge in [0.1, 0.15) is 25.0 Å². The highest BCUT2D eigenvalue weighted by Crippen LogP contribution is 2.36. The number of carbonyl (C=O) groups is 1. The minimum atomic E-state index is -1.28. The average Bonchev–Trinajstić information content (AvgIpc) is 3.49. The second-order valence-electron chi connectivity index (χ2n) is 16.2. The second kappa shape index (κ2) is 14.1. The lowest BCUT2D eigenvalue weighted by molar-refractivity contribution is 0.0814. The molecule has 2 aliphatic rings. The zero-order chi connectivity index (χ0) is 35.1. The molecule has 1 N–H and O–H groups in total. The summed E-state index contributed by atoms with van der Waals surface area (Å²) in [6.45, 7) is 20.9. The van der Waals surface area contributed by atoms with Crippen LogP contribution in [-0.2, 0) is 42.4 Å². The number of amides is 2. The number of rotatable bonds is 14. The van der Waals surface area contributed by atoms with Crippen LogP contribution in [-0.4, -0.2) is 65.7 Å². The van der Waals surface area contributed by atoms with Gasteiger partial charge in [0.15, 0.2) is 5.82 Å². The summed E-state index contributed by atoms with van der Waals surface area (Å²) in [7, 11) is -2.56. The molecule has 1 aliphatic carbocycles. The fourth-order valence-electron chi connectivity index (χ4n) is 6.19. The van der Waals surface area contributed by atoms with Crippen molar-refractivity contribution in [1.82, 2.24) is 29.5 Å². The average molecular weight is 705 g/mol. The molecule has 6 rings (SSSR count). The molecule has 49 heavy (non-hydrogen) atoms. The molecular weight excluding hydrogens is 652 g/mol. The van der Waals surface area contributed by atoms with Crippen molar-refractivity contribution in [3.05, 3.63) is 58.7 Å². The summed E-state index contributed by atoms with van der Waals surface area (Å²) in [4.78, 5) is 20.0. The summed E-state index contributed by atoms with van der Waals surface area (Å²) in [5.41, 5.74) is 7.11. The number of imidazole rings is 1. The van der Waals surface area contributed by atoms with Gasteiger partial charge in [0.2, 0.25) is 0 Å². The molecule has 4 aromatic rings. The highest BCUT2D eigenvalue weighted by molar-refractivity contribution is 6.76. The molecule has 0 unspecified atom stereocenters. The van der Waals surface area contributed by atoms with E-state index in [-0.39, 0.29) is 11.8 Å². The summed E-state index contributed by atoms with van der Waals surface area (Å²) in [6.07, 6.45) is 2.89. The number of nitrogens with zero attached hydrogens (tertiary/aromatic N) is 5. The molecule has 1 aliphatic heterocycles. The van der Waals surface area contributed by atoms with E-state index in [1.165, 1.54) is 0 Å². The van der Waals surface area contributed by atoms with Crippen LogP contribution in [0.5, 0.6) is 0 Å². The number of urea groups is 1. The maximum Gasteiger partial charge on any atom is 0.318 e. The quantitative estimate of drug-likeness (QED) is 0.105. The molecule has 0 bridgehead atoms. The van der Waals surface area contributed by atoms with E-state index < -0.39 is 16.1 Å². The SMILES string of the molecule is CCc1cc(C)c(F)cc1-c1ccc2c(-c3nc4c(n3COCC[Si](C)(C)C)CN(C(=O)NC3CC3)C4)nn(COCC[Si](C)(C)C)c2c1. The Morgan fingerprint density at radius 1 is 0.980 bits per heavy atom. The van der Waals surface area contributed by atoms with Gasteiger partial charge >= 0.3 is 6.03 Å². The number of ether oxygens (including phenoxy) is 2. The molecule has 264 valence electrons. The largest absolute Gasteiger partial charge is 0.361 e. The smallest absolute Gasteiger partial charge is 0.318 e. The van der Waals surface area contributed by atoms with E-state index in [0.717, 1.165) is 81.9 Å². The molecule has 3 heterocycles. The standard InChI is InChI=1S/C37H53FN6O3Si2/c1-9-26-18-25(2)31(38)20-30(26)27-10-13-29-33(19-27)44(24-47-15-17-49(6,7)8)41-35(29)36-40-32-21-42(37(45)39-28-11-12-28)22-34(32)43(36)23-46-14-16-48(3,4)5/h10,13,18-20,28H,9,11-12,14-17,21-24H2,1-8H3,(H,39,45). The molecule has 9 nitrogen and oxygen atoms in total. The topological polar surface area (TPSA) is 86.4 Å². The van der Waals surface area contributed by atoms with Crippen LogP contribution >= 0.6 is 0 Å². The van der Waals surface area contributed by atoms with Crippen LogP contribution < -0.4 is 5.32 Å². The molecule has 0 atom stereocenters. The van der Waals surface area contributed by atoms with Gasteiger partial charge in [-0.25, -0.2) is 18.9 Å². The van der Waals surface area contributed by atoms with Gasteiger partial charge in [-0.05, 0) is 78.7 Å². The van der Waals surface area contributed by atoms with Gasteiger partial charge in [0, 0.05) is 40.8 Å². The third kappa shape index (κ3) is 8.36. The molecule has 2 aromatic heterocycles. The molecule has 0 saturated heterocycles. The van der Waals surface area contributed by atoms with Crippen molar-refractivity contribution in [3.63, 3.8) is 0 Å². The number of hydrogen-bond donors (Lipinski definition) is 1. The highest BCUT2D eigenvalue weighted by atomic mass is 28.3. The maximum absolute atomic E-state index is 14.9. The molecule has 2 aromatic carbocycles. The number of hydrogen-bond acceptors (Lipinski definition) is 5. The first-order chi connectivity index (χ1) is 23.2. The fourth-order valence-corrected chi connectivity index (χ4v) is 7.70. The minimum Gasteiger partial charge on any atom is -0.361 e. The number of aromatic nitrogens is 4. The Balaban J connectivity index is 1.39. The first kappa shape index (κ1) is 35.5. The maximum atomic E-state index is 14.9. The van der Waals surface area contributed by atoms with E-state index in [9.17, 15) is 9.18 Å². The monoisotopic (exact) mass is 704 g/mol. The minimum absolute atomic E-state index is 0.0371. The Hall–Kier alpha value is -3.33. The van der Waals surface area contributed by atoms with Gasteiger partial charge in [-0.3, -0.25) is 0 Å². The van der Waals surface area contributed by atoms with Gasteiger partial charge < -0.3 is 24.3 Å². The van der Waals surface area contributed by atoms with Crippen LogP contribution in [0.4, 0.5) is 9.18 Å². The van der Waals surface area contributed by atoms with Crippen molar-refractivity contribution in [2.75, 3.05) is 13.2 Å². The lowest BCUT2D eigenvalue weighted by atomic mass is 9.95. The first-order valence-electron chi connectivity index (χ1n) is 17.8.